The summed E-state index contributed by atoms with van der Waals surface area (Å²) in [5.74, 6) is 0. The zero-order valence-electron chi connectivity index (χ0n) is 17.3. The van der Waals surface area contributed by atoms with Gasteiger partial charge in [0.25, 0.3) is 8.32 Å². The molecule has 1 nitrogen and oxygen atoms in total. The highest BCUT2D eigenvalue weighted by Crippen LogP contribution is 2.36. The lowest BCUT2D eigenvalue weighted by Crippen LogP contribution is -2.66. The molecule has 0 radical (unpaired) electrons. The summed E-state index contributed by atoms with van der Waals surface area (Å²) in [5, 5.41) is 2.77. The SMILES string of the molecule is CC(C)=C(C)CCCO[Si](c1ccccc1)(c1ccccc1)C(C)(C)C. The lowest BCUT2D eigenvalue weighted by atomic mass is 10.1. The van der Waals surface area contributed by atoms with Crippen LogP contribution in [0.3, 0.4) is 0 Å². The molecule has 0 saturated heterocycles. The van der Waals surface area contributed by atoms with Crippen molar-refractivity contribution in [3.8, 4) is 0 Å². The molecule has 0 aliphatic carbocycles. The van der Waals surface area contributed by atoms with E-state index in [9.17, 15) is 0 Å². The lowest BCUT2D eigenvalue weighted by molar-refractivity contribution is 0.292. The molecule has 26 heavy (non-hydrogen) atoms. The first-order valence-corrected chi connectivity index (χ1v) is 11.6. The molecule has 2 aromatic carbocycles. The normalized spacial score (nSPS) is 12.1. The van der Waals surface area contributed by atoms with Crippen LogP contribution in [0, 0.1) is 0 Å². The maximum Gasteiger partial charge on any atom is 0.261 e. The molecule has 2 aromatic rings. The molecule has 0 amide bonds. The topological polar surface area (TPSA) is 9.23 Å². The average molecular weight is 367 g/mol. The van der Waals surface area contributed by atoms with E-state index in [1.807, 2.05) is 0 Å². The Morgan fingerprint density at radius 2 is 1.27 bits per heavy atom. The van der Waals surface area contributed by atoms with Gasteiger partial charge in [-0.2, -0.15) is 0 Å². The van der Waals surface area contributed by atoms with Gasteiger partial charge >= 0.3 is 0 Å². The monoisotopic (exact) mass is 366 g/mol. The molecular weight excluding hydrogens is 332 g/mol. The number of benzene rings is 2. The molecule has 0 spiro atoms. The van der Waals surface area contributed by atoms with Crippen molar-refractivity contribution in [3.05, 3.63) is 71.8 Å². The molecule has 0 aliphatic heterocycles. The minimum absolute atomic E-state index is 0.0568. The summed E-state index contributed by atoms with van der Waals surface area (Å²) in [6, 6.07) is 21.8. The van der Waals surface area contributed by atoms with Gasteiger partial charge in [0.1, 0.15) is 0 Å². The van der Waals surface area contributed by atoms with Crippen LogP contribution >= 0.6 is 0 Å². The predicted octanol–water partition coefficient (Wildman–Crippen LogP) is 5.70. The predicted molar refractivity (Wildman–Crippen MR) is 117 cm³/mol. The van der Waals surface area contributed by atoms with E-state index in [0.29, 0.717) is 0 Å². The Balaban J connectivity index is 2.40. The lowest BCUT2D eigenvalue weighted by Gasteiger charge is -2.43. The van der Waals surface area contributed by atoms with Crippen molar-refractivity contribution in [2.75, 3.05) is 6.61 Å². The van der Waals surface area contributed by atoms with Gasteiger partial charge < -0.3 is 4.43 Å². The summed E-state index contributed by atoms with van der Waals surface area (Å²) in [6.07, 6.45) is 2.18. The Kier molecular flexibility index (Phi) is 7.02. The van der Waals surface area contributed by atoms with E-state index in [2.05, 4.69) is 102 Å². The molecule has 0 saturated carbocycles. The molecule has 0 unspecified atom stereocenters. The molecule has 0 heterocycles. The highest BCUT2D eigenvalue weighted by molar-refractivity contribution is 6.99. The molecule has 0 fully saturated rings. The van der Waals surface area contributed by atoms with Gasteiger partial charge in [0.15, 0.2) is 0 Å². The van der Waals surface area contributed by atoms with Gasteiger partial charge in [-0.15, -0.1) is 0 Å². The minimum Gasteiger partial charge on any atom is -0.407 e. The van der Waals surface area contributed by atoms with Crippen molar-refractivity contribution in [2.24, 2.45) is 0 Å². The van der Waals surface area contributed by atoms with E-state index in [1.54, 1.807) is 0 Å². The first-order valence-electron chi connectivity index (χ1n) is 9.67. The van der Waals surface area contributed by atoms with E-state index in [-0.39, 0.29) is 5.04 Å². The first kappa shape index (κ1) is 20.7. The van der Waals surface area contributed by atoms with Crippen LogP contribution in [0.1, 0.15) is 54.4 Å². The van der Waals surface area contributed by atoms with Gasteiger partial charge in [-0.1, -0.05) is 92.6 Å². The zero-order chi connectivity index (χ0) is 19.2. The molecule has 140 valence electrons. The summed E-state index contributed by atoms with van der Waals surface area (Å²) in [5.41, 5.74) is 2.91. The van der Waals surface area contributed by atoms with Crippen molar-refractivity contribution in [1.82, 2.24) is 0 Å². The Morgan fingerprint density at radius 1 is 0.808 bits per heavy atom. The van der Waals surface area contributed by atoms with Crippen molar-refractivity contribution >= 4 is 18.7 Å². The third-order valence-electron chi connectivity index (χ3n) is 5.29. The van der Waals surface area contributed by atoms with Gasteiger partial charge in [0.05, 0.1) is 0 Å². The molecule has 0 atom stereocenters. The Hall–Kier alpha value is -1.64. The van der Waals surface area contributed by atoms with Crippen LogP contribution < -0.4 is 10.4 Å². The third-order valence-corrected chi connectivity index (χ3v) is 10.3. The quantitative estimate of drug-likeness (QED) is 0.347. The summed E-state index contributed by atoms with van der Waals surface area (Å²) in [6.45, 7) is 14.4. The van der Waals surface area contributed by atoms with Crippen LogP contribution in [-0.4, -0.2) is 14.9 Å². The van der Waals surface area contributed by atoms with Crippen molar-refractivity contribution < 1.29 is 4.43 Å². The van der Waals surface area contributed by atoms with Gasteiger partial charge in [-0.3, -0.25) is 0 Å². The van der Waals surface area contributed by atoms with Crippen LogP contribution in [0.4, 0.5) is 0 Å². The average Bonchev–Trinajstić information content (AvgIpc) is 2.62. The van der Waals surface area contributed by atoms with Crippen molar-refractivity contribution in [1.29, 1.82) is 0 Å². The fourth-order valence-electron chi connectivity index (χ4n) is 3.57. The molecule has 0 aliphatic rings. The van der Waals surface area contributed by atoms with E-state index >= 15 is 0 Å². The second-order valence-corrected chi connectivity index (χ2v) is 12.7. The highest BCUT2D eigenvalue weighted by Gasteiger charge is 2.49. The van der Waals surface area contributed by atoms with Crippen molar-refractivity contribution in [2.45, 2.75) is 59.4 Å². The number of hydrogen-bond donors (Lipinski definition) is 0. The second-order valence-electron chi connectivity index (χ2n) is 8.40. The van der Waals surface area contributed by atoms with Gasteiger partial charge in [0, 0.05) is 6.61 Å². The van der Waals surface area contributed by atoms with Crippen LogP contribution in [0.2, 0.25) is 5.04 Å². The van der Waals surface area contributed by atoms with Gasteiger partial charge in [-0.05, 0) is 49.0 Å². The van der Waals surface area contributed by atoms with Gasteiger partial charge in [-0.25, -0.2) is 0 Å². The largest absolute Gasteiger partial charge is 0.407 e. The second kappa shape index (κ2) is 8.83. The van der Waals surface area contributed by atoms with Crippen LogP contribution in [0.15, 0.2) is 71.8 Å². The van der Waals surface area contributed by atoms with Crippen LogP contribution in [0.25, 0.3) is 0 Å². The van der Waals surface area contributed by atoms with Crippen LogP contribution in [0.5, 0.6) is 0 Å². The highest BCUT2D eigenvalue weighted by atomic mass is 28.4. The number of hydrogen-bond acceptors (Lipinski definition) is 1. The molecule has 0 N–H and O–H groups in total. The maximum atomic E-state index is 6.91. The fourth-order valence-corrected chi connectivity index (χ4v) is 8.18. The molecule has 2 heteroatoms. The first-order chi connectivity index (χ1) is 12.3. The third kappa shape index (κ3) is 4.55. The summed E-state index contributed by atoms with van der Waals surface area (Å²) >= 11 is 0. The summed E-state index contributed by atoms with van der Waals surface area (Å²) in [7, 11) is -2.36. The molecular formula is C24H34OSi. The Morgan fingerprint density at radius 3 is 1.65 bits per heavy atom. The Bertz CT molecular complexity index is 667. The zero-order valence-corrected chi connectivity index (χ0v) is 18.3. The minimum atomic E-state index is -2.36. The smallest absolute Gasteiger partial charge is 0.261 e. The summed E-state index contributed by atoms with van der Waals surface area (Å²) < 4.78 is 6.91. The van der Waals surface area contributed by atoms with E-state index in [1.165, 1.54) is 21.5 Å². The van der Waals surface area contributed by atoms with Crippen LogP contribution in [-0.2, 0) is 4.43 Å². The van der Waals surface area contributed by atoms with Gasteiger partial charge in [0.2, 0.25) is 0 Å². The standard InChI is InChI=1S/C24H34OSi/c1-20(2)21(3)14-13-19-25-26(24(4,5)6,22-15-9-7-10-16-22)23-17-11-8-12-18-23/h7-12,15-18H,13-14,19H2,1-6H3. The van der Waals surface area contributed by atoms with E-state index in [4.69, 9.17) is 4.43 Å². The molecule has 0 aromatic heterocycles. The van der Waals surface area contributed by atoms with Crippen molar-refractivity contribution in [3.63, 3.8) is 0 Å². The Labute approximate surface area is 161 Å². The fraction of sp³-hybridized carbons (Fsp3) is 0.417. The van der Waals surface area contributed by atoms with E-state index in [0.717, 1.165) is 19.4 Å². The summed E-state index contributed by atoms with van der Waals surface area (Å²) in [4.78, 5) is 0. The number of rotatable bonds is 7. The molecule has 2 rings (SSSR count). The number of allylic oxidation sites excluding steroid dienone is 2. The maximum absolute atomic E-state index is 6.91. The molecule has 0 bridgehead atoms. The van der Waals surface area contributed by atoms with E-state index < -0.39 is 8.32 Å².